The number of anilines is 1. The fourth-order valence-electron chi connectivity index (χ4n) is 3.13. The molecule has 2 aromatic carbocycles. The Labute approximate surface area is 170 Å². The number of hydrogen-bond donors (Lipinski definition) is 1. The predicted molar refractivity (Wildman–Crippen MR) is 109 cm³/mol. The molecule has 0 radical (unpaired) electrons. The van der Waals surface area contributed by atoms with Gasteiger partial charge in [-0.3, -0.25) is 4.79 Å². The monoisotopic (exact) mass is 422 g/mol. The number of amides is 1. The topological polar surface area (TPSA) is 75.7 Å². The van der Waals surface area contributed by atoms with Crippen molar-refractivity contribution in [2.75, 3.05) is 25.0 Å². The molecule has 150 valence electrons. The van der Waals surface area contributed by atoms with Gasteiger partial charge in [0.2, 0.25) is 10.0 Å². The van der Waals surface area contributed by atoms with E-state index in [0.717, 1.165) is 12.8 Å². The van der Waals surface area contributed by atoms with Gasteiger partial charge in [0.05, 0.1) is 4.90 Å². The summed E-state index contributed by atoms with van der Waals surface area (Å²) in [6.07, 6.45) is 1.93. The smallest absolute Gasteiger partial charge is 0.262 e. The molecule has 0 aliphatic carbocycles. The number of hydrogen-bond acceptors (Lipinski definition) is 4. The molecule has 6 nitrogen and oxygen atoms in total. The van der Waals surface area contributed by atoms with Crippen molar-refractivity contribution in [3.8, 4) is 5.75 Å². The molecule has 1 aliphatic heterocycles. The van der Waals surface area contributed by atoms with E-state index in [4.69, 9.17) is 16.3 Å². The van der Waals surface area contributed by atoms with Gasteiger partial charge < -0.3 is 10.1 Å². The molecule has 2 aromatic rings. The molecule has 0 aromatic heterocycles. The zero-order valence-corrected chi connectivity index (χ0v) is 17.2. The van der Waals surface area contributed by atoms with Crippen LogP contribution in [0.25, 0.3) is 0 Å². The number of rotatable bonds is 6. The fraction of sp³-hybridized carbons (Fsp3) is 0.350. The Hall–Kier alpha value is -2.09. The quantitative estimate of drug-likeness (QED) is 0.768. The van der Waals surface area contributed by atoms with Crippen molar-refractivity contribution < 1.29 is 17.9 Å². The Morgan fingerprint density at radius 3 is 2.68 bits per heavy atom. The predicted octanol–water partition coefficient (Wildman–Crippen LogP) is 3.78. The Morgan fingerprint density at radius 2 is 2.00 bits per heavy atom. The largest absolute Gasteiger partial charge is 0.484 e. The first-order chi connectivity index (χ1) is 13.3. The molecule has 8 heteroatoms. The van der Waals surface area contributed by atoms with Crippen LogP contribution < -0.4 is 10.1 Å². The van der Waals surface area contributed by atoms with Crippen molar-refractivity contribution >= 4 is 33.2 Å². The normalized spacial score (nSPS) is 17.9. The highest BCUT2D eigenvalue weighted by atomic mass is 35.5. The van der Waals surface area contributed by atoms with Gasteiger partial charge in [0, 0.05) is 23.8 Å². The van der Waals surface area contributed by atoms with Crippen LogP contribution in [0, 0.1) is 5.92 Å². The second-order valence-corrected chi connectivity index (χ2v) is 9.30. The summed E-state index contributed by atoms with van der Waals surface area (Å²) < 4.78 is 32.4. The minimum absolute atomic E-state index is 0.175. The van der Waals surface area contributed by atoms with E-state index >= 15 is 0 Å². The van der Waals surface area contributed by atoms with Gasteiger partial charge in [-0.25, -0.2) is 8.42 Å². The molecule has 1 atom stereocenters. The zero-order chi connectivity index (χ0) is 20.1. The van der Waals surface area contributed by atoms with E-state index in [0.29, 0.717) is 35.5 Å². The third-order valence-electron chi connectivity index (χ3n) is 4.56. The van der Waals surface area contributed by atoms with Crippen LogP contribution in [0.3, 0.4) is 0 Å². The molecule has 1 aliphatic rings. The van der Waals surface area contributed by atoms with Gasteiger partial charge >= 0.3 is 0 Å². The van der Waals surface area contributed by atoms with E-state index in [1.54, 1.807) is 36.4 Å². The van der Waals surface area contributed by atoms with Crippen LogP contribution in [0.15, 0.2) is 53.4 Å². The van der Waals surface area contributed by atoms with Gasteiger partial charge in [0.15, 0.2) is 6.61 Å². The van der Waals surface area contributed by atoms with Gasteiger partial charge in [-0.1, -0.05) is 24.6 Å². The van der Waals surface area contributed by atoms with E-state index in [9.17, 15) is 13.2 Å². The molecular weight excluding hydrogens is 400 g/mol. The molecule has 1 heterocycles. The molecule has 3 rings (SSSR count). The summed E-state index contributed by atoms with van der Waals surface area (Å²) in [7, 11) is -3.51. The number of nitrogens with one attached hydrogen (secondary N) is 1. The molecule has 1 fully saturated rings. The van der Waals surface area contributed by atoms with E-state index in [2.05, 4.69) is 12.2 Å². The van der Waals surface area contributed by atoms with E-state index in [1.165, 1.54) is 16.4 Å². The van der Waals surface area contributed by atoms with Crippen LogP contribution >= 0.6 is 11.6 Å². The minimum Gasteiger partial charge on any atom is -0.484 e. The van der Waals surface area contributed by atoms with Gasteiger partial charge in [-0.2, -0.15) is 4.31 Å². The van der Waals surface area contributed by atoms with Crippen molar-refractivity contribution in [3.05, 3.63) is 53.6 Å². The molecule has 1 unspecified atom stereocenters. The number of ether oxygens (including phenoxy) is 1. The van der Waals surface area contributed by atoms with Crippen LogP contribution in [0.2, 0.25) is 5.02 Å². The van der Waals surface area contributed by atoms with Gasteiger partial charge in [-0.15, -0.1) is 0 Å². The molecule has 0 bridgehead atoms. The van der Waals surface area contributed by atoms with Crippen LogP contribution in [0.4, 0.5) is 5.69 Å². The van der Waals surface area contributed by atoms with Crippen LogP contribution in [-0.4, -0.2) is 38.3 Å². The Balaban J connectivity index is 1.58. The summed E-state index contributed by atoms with van der Waals surface area (Å²) >= 11 is 5.87. The lowest BCUT2D eigenvalue weighted by molar-refractivity contribution is -0.118. The summed E-state index contributed by atoms with van der Waals surface area (Å²) in [5.74, 6) is 0.516. The molecule has 1 saturated heterocycles. The fourth-order valence-corrected chi connectivity index (χ4v) is 4.91. The summed E-state index contributed by atoms with van der Waals surface area (Å²) in [5.41, 5.74) is 0.505. The SMILES string of the molecule is CC1CCCN(S(=O)(=O)c2ccc(NC(=O)COc3cccc(Cl)c3)cc2)C1. The highest BCUT2D eigenvalue weighted by molar-refractivity contribution is 7.89. The van der Waals surface area contributed by atoms with Crippen molar-refractivity contribution in [3.63, 3.8) is 0 Å². The van der Waals surface area contributed by atoms with E-state index < -0.39 is 10.0 Å². The summed E-state index contributed by atoms with van der Waals surface area (Å²) in [5, 5.41) is 3.21. The third kappa shape index (κ3) is 5.25. The first-order valence-corrected chi connectivity index (χ1v) is 10.9. The molecule has 28 heavy (non-hydrogen) atoms. The lowest BCUT2D eigenvalue weighted by Gasteiger charge is -2.30. The molecule has 0 spiro atoms. The summed E-state index contributed by atoms with van der Waals surface area (Å²) in [4.78, 5) is 12.3. The third-order valence-corrected chi connectivity index (χ3v) is 6.68. The summed E-state index contributed by atoms with van der Waals surface area (Å²) in [6.45, 7) is 2.98. The molecule has 0 saturated carbocycles. The number of carbonyl (C=O) groups is 1. The number of nitrogens with zero attached hydrogens (tertiary/aromatic N) is 1. The van der Waals surface area contributed by atoms with Gasteiger partial charge in [-0.05, 0) is 61.2 Å². The number of carbonyl (C=O) groups excluding carboxylic acids is 1. The lowest BCUT2D eigenvalue weighted by atomic mass is 10.0. The van der Waals surface area contributed by atoms with Crippen molar-refractivity contribution in [1.82, 2.24) is 4.31 Å². The average molecular weight is 423 g/mol. The minimum atomic E-state index is -3.51. The molecule has 1 amide bonds. The van der Waals surface area contributed by atoms with Gasteiger partial charge in [0.1, 0.15) is 5.75 Å². The number of halogens is 1. The maximum atomic E-state index is 12.8. The van der Waals surface area contributed by atoms with Crippen molar-refractivity contribution in [2.45, 2.75) is 24.7 Å². The maximum Gasteiger partial charge on any atom is 0.262 e. The first kappa shape index (κ1) is 20.6. The van der Waals surface area contributed by atoms with Crippen LogP contribution in [-0.2, 0) is 14.8 Å². The number of benzene rings is 2. The standard InChI is InChI=1S/C20H23ClN2O4S/c1-15-4-3-11-23(13-15)28(25,26)19-9-7-17(8-10-19)22-20(24)14-27-18-6-2-5-16(21)12-18/h2,5-10,12,15H,3-4,11,13-14H2,1H3,(H,22,24). The van der Waals surface area contributed by atoms with Crippen LogP contribution in [0.5, 0.6) is 5.75 Å². The Morgan fingerprint density at radius 1 is 1.25 bits per heavy atom. The highest BCUT2D eigenvalue weighted by Crippen LogP contribution is 2.24. The van der Waals surface area contributed by atoms with Crippen molar-refractivity contribution in [1.29, 1.82) is 0 Å². The molecule has 1 N–H and O–H groups in total. The van der Waals surface area contributed by atoms with E-state index in [-0.39, 0.29) is 17.4 Å². The van der Waals surface area contributed by atoms with E-state index in [1.807, 2.05) is 0 Å². The second kappa shape index (κ2) is 8.94. The number of piperidine rings is 1. The average Bonchev–Trinajstić information content (AvgIpc) is 2.67. The summed E-state index contributed by atoms with van der Waals surface area (Å²) in [6, 6.07) is 13.0. The lowest BCUT2D eigenvalue weighted by Crippen LogP contribution is -2.39. The van der Waals surface area contributed by atoms with Crippen LogP contribution in [0.1, 0.15) is 19.8 Å². The molecular formula is C20H23ClN2O4S. The first-order valence-electron chi connectivity index (χ1n) is 9.13. The second-order valence-electron chi connectivity index (χ2n) is 6.93. The Bertz CT molecular complexity index is 931. The Kier molecular flexibility index (Phi) is 6.59. The zero-order valence-electron chi connectivity index (χ0n) is 15.6. The van der Waals surface area contributed by atoms with Crippen molar-refractivity contribution in [2.24, 2.45) is 5.92 Å². The number of sulfonamides is 1. The highest BCUT2D eigenvalue weighted by Gasteiger charge is 2.28. The maximum absolute atomic E-state index is 12.8. The van der Waals surface area contributed by atoms with Gasteiger partial charge in [0.25, 0.3) is 5.91 Å².